The molecule has 28 heavy (non-hydrogen) atoms. The molecule has 0 atom stereocenters. The molecule has 0 bridgehead atoms. The van der Waals surface area contributed by atoms with E-state index < -0.39 is 0 Å². The van der Waals surface area contributed by atoms with E-state index in [4.69, 9.17) is 4.74 Å². The first-order chi connectivity index (χ1) is 13.6. The van der Waals surface area contributed by atoms with Gasteiger partial charge in [0.15, 0.2) is 0 Å². The van der Waals surface area contributed by atoms with E-state index >= 15 is 0 Å². The Balaban J connectivity index is 2.00. The normalized spacial score (nSPS) is 16.3. The molecule has 1 aromatic carbocycles. The summed E-state index contributed by atoms with van der Waals surface area (Å²) in [5.41, 5.74) is 2.93. The number of aromatic nitrogens is 1. The van der Waals surface area contributed by atoms with Crippen LogP contribution in [0.2, 0.25) is 0 Å². The highest BCUT2D eigenvalue weighted by atomic mass is 16.5. The van der Waals surface area contributed by atoms with Gasteiger partial charge in [0.2, 0.25) is 0 Å². The first kappa shape index (κ1) is 20.2. The Hall–Kier alpha value is -2.53. The number of allylic oxidation sites excluding steroid dienone is 4. The van der Waals surface area contributed by atoms with E-state index in [0.29, 0.717) is 6.54 Å². The second kappa shape index (κ2) is 9.11. The maximum atomic E-state index is 13.3. The van der Waals surface area contributed by atoms with Gasteiger partial charge >= 0.3 is 0 Å². The second-order valence-corrected chi connectivity index (χ2v) is 7.12. The second-order valence-electron chi connectivity index (χ2n) is 7.12. The minimum absolute atomic E-state index is 0.112. The topological polar surface area (TPSA) is 37.7 Å². The van der Waals surface area contributed by atoms with Crippen LogP contribution in [0.25, 0.3) is 10.9 Å². The lowest BCUT2D eigenvalue weighted by Crippen LogP contribution is -2.48. The van der Waals surface area contributed by atoms with Crippen LogP contribution in [-0.4, -0.2) is 60.1 Å². The molecule has 0 saturated carbocycles. The number of nitrogens with zero attached hydrogens (tertiary/aromatic N) is 3. The first-order valence-corrected chi connectivity index (χ1v) is 10.1. The number of fused-ring (bicyclic) bond motifs is 1. The maximum Gasteiger partial charge on any atom is 0.256 e. The lowest BCUT2D eigenvalue weighted by Gasteiger charge is -2.34. The van der Waals surface area contributed by atoms with E-state index in [1.807, 2.05) is 49.2 Å². The molecule has 0 unspecified atom stereocenters. The number of likely N-dealkylation sites (N-methyl/N-ethyl adjacent to an activating group) is 1. The van der Waals surface area contributed by atoms with Crippen LogP contribution < -0.4 is 4.74 Å². The lowest BCUT2D eigenvalue weighted by molar-refractivity contribution is 0.0645. The maximum absolute atomic E-state index is 13.3. The van der Waals surface area contributed by atoms with Crippen LogP contribution in [0.1, 0.15) is 31.1 Å². The molecule has 0 spiro atoms. The zero-order valence-electron chi connectivity index (χ0n) is 17.4. The number of benzene rings is 1. The zero-order chi connectivity index (χ0) is 20.1. The Bertz CT molecular complexity index is 887. The van der Waals surface area contributed by atoms with Crippen LogP contribution in [0.5, 0.6) is 5.75 Å². The summed E-state index contributed by atoms with van der Waals surface area (Å²) in [6, 6.07) is 5.94. The highest BCUT2D eigenvalue weighted by molar-refractivity contribution is 6.08. The number of carbonyl (C=O) groups excluding carboxylic acids is 1. The summed E-state index contributed by atoms with van der Waals surface area (Å²) in [5.74, 6) is 0.907. The van der Waals surface area contributed by atoms with Crippen molar-refractivity contribution < 1.29 is 9.53 Å². The average molecular weight is 382 g/mol. The van der Waals surface area contributed by atoms with Crippen molar-refractivity contribution in [3.63, 3.8) is 0 Å². The van der Waals surface area contributed by atoms with Gasteiger partial charge in [-0.3, -0.25) is 4.79 Å². The van der Waals surface area contributed by atoms with Crippen molar-refractivity contribution in [3.05, 3.63) is 53.8 Å². The molecule has 1 fully saturated rings. The molecular formula is C23H31N3O2. The molecule has 1 amide bonds. The predicted molar refractivity (Wildman–Crippen MR) is 115 cm³/mol. The van der Waals surface area contributed by atoms with Crippen molar-refractivity contribution in [1.29, 1.82) is 0 Å². The van der Waals surface area contributed by atoms with Gasteiger partial charge in [-0.25, -0.2) is 0 Å². The van der Waals surface area contributed by atoms with Gasteiger partial charge in [-0.05, 0) is 32.0 Å². The van der Waals surface area contributed by atoms with E-state index in [9.17, 15) is 4.79 Å². The smallest absolute Gasteiger partial charge is 0.256 e. The van der Waals surface area contributed by atoms with Crippen LogP contribution in [0.4, 0.5) is 0 Å². The fourth-order valence-corrected chi connectivity index (χ4v) is 3.87. The summed E-state index contributed by atoms with van der Waals surface area (Å²) in [5, 5.41) is 0.957. The molecule has 0 N–H and O–H groups in total. The third-order valence-corrected chi connectivity index (χ3v) is 5.52. The molecule has 5 nitrogen and oxygen atoms in total. The molecular weight excluding hydrogens is 350 g/mol. The number of carbonyl (C=O) groups is 1. The SMILES string of the molecule is C/C=C\C(=C/C)Cn1cc(C(=O)N2CCN(CC)CC2)c2cccc(OC)c21. The summed E-state index contributed by atoms with van der Waals surface area (Å²) >= 11 is 0. The predicted octanol–water partition coefficient (Wildman–Crippen LogP) is 3.95. The van der Waals surface area contributed by atoms with Crippen molar-refractivity contribution >= 4 is 16.8 Å². The molecule has 5 heteroatoms. The minimum Gasteiger partial charge on any atom is -0.495 e. The Labute approximate surface area is 167 Å². The number of methoxy groups -OCH3 is 1. The monoisotopic (exact) mass is 381 g/mol. The van der Waals surface area contributed by atoms with Crippen LogP contribution in [0, 0.1) is 0 Å². The number of rotatable bonds is 6. The summed E-state index contributed by atoms with van der Waals surface area (Å²) in [6.07, 6.45) is 8.24. The number of amides is 1. The van der Waals surface area contributed by atoms with Crippen LogP contribution >= 0.6 is 0 Å². The number of hydrogen-bond donors (Lipinski definition) is 0. The minimum atomic E-state index is 0.112. The van der Waals surface area contributed by atoms with Gasteiger partial charge in [-0.1, -0.05) is 37.3 Å². The van der Waals surface area contributed by atoms with E-state index in [2.05, 4.69) is 28.5 Å². The van der Waals surface area contributed by atoms with Crippen molar-refractivity contribution in [2.45, 2.75) is 27.3 Å². The summed E-state index contributed by atoms with van der Waals surface area (Å²) in [6.45, 7) is 11.4. The van der Waals surface area contributed by atoms with E-state index in [-0.39, 0.29) is 5.91 Å². The van der Waals surface area contributed by atoms with Crippen molar-refractivity contribution in [2.75, 3.05) is 39.8 Å². The Morgan fingerprint density at radius 3 is 2.54 bits per heavy atom. The van der Waals surface area contributed by atoms with Crippen LogP contribution in [-0.2, 0) is 6.54 Å². The van der Waals surface area contributed by atoms with Gasteiger partial charge in [0.1, 0.15) is 5.75 Å². The molecule has 1 aliphatic rings. The third-order valence-electron chi connectivity index (χ3n) is 5.52. The van der Waals surface area contributed by atoms with E-state index in [1.165, 1.54) is 5.57 Å². The third kappa shape index (κ3) is 3.99. The molecule has 1 aromatic heterocycles. The largest absolute Gasteiger partial charge is 0.495 e. The zero-order valence-corrected chi connectivity index (χ0v) is 17.4. The van der Waals surface area contributed by atoms with Crippen molar-refractivity contribution in [3.8, 4) is 5.75 Å². The van der Waals surface area contributed by atoms with Crippen LogP contribution in [0.3, 0.4) is 0 Å². The number of piperazine rings is 1. The van der Waals surface area contributed by atoms with Crippen molar-refractivity contribution in [2.24, 2.45) is 0 Å². The highest BCUT2D eigenvalue weighted by Gasteiger charge is 2.25. The highest BCUT2D eigenvalue weighted by Crippen LogP contribution is 2.31. The molecule has 150 valence electrons. The van der Waals surface area contributed by atoms with Crippen LogP contribution in [0.15, 0.2) is 48.2 Å². The Kier molecular flexibility index (Phi) is 6.57. The van der Waals surface area contributed by atoms with Crippen molar-refractivity contribution in [1.82, 2.24) is 14.4 Å². The van der Waals surface area contributed by atoms with E-state index in [1.54, 1.807) is 7.11 Å². The fourth-order valence-electron chi connectivity index (χ4n) is 3.87. The molecule has 0 aliphatic carbocycles. The molecule has 1 aliphatic heterocycles. The van der Waals surface area contributed by atoms with Gasteiger partial charge in [-0.2, -0.15) is 0 Å². The summed E-state index contributed by atoms with van der Waals surface area (Å²) < 4.78 is 7.76. The average Bonchev–Trinajstić information content (AvgIpc) is 3.11. The van der Waals surface area contributed by atoms with Gasteiger partial charge < -0.3 is 19.1 Å². The standard InChI is InChI=1S/C23H31N3O2/c1-5-9-18(6-2)16-26-17-20(19-10-8-11-21(28-4)22(19)26)23(27)25-14-12-24(7-3)13-15-25/h5-6,8-11,17H,7,12-16H2,1-4H3/b9-5-,18-6+. The molecule has 1 saturated heterocycles. The quantitative estimate of drug-likeness (QED) is 0.711. The Morgan fingerprint density at radius 1 is 1.18 bits per heavy atom. The van der Waals surface area contributed by atoms with Gasteiger partial charge in [0, 0.05) is 44.3 Å². The van der Waals surface area contributed by atoms with Gasteiger partial charge in [0.25, 0.3) is 5.91 Å². The van der Waals surface area contributed by atoms with Gasteiger partial charge in [-0.15, -0.1) is 0 Å². The summed E-state index contributed by atoms with van der Waals surface area (Å²) in [7, 11) is 1.68. The Morgan fingerprint density at radius 2 is 1.93 bits per heavy atom. The summed E-state index contributed by atoms with van der Waals surface area (Å²) in [4.78, 5) is 17.7. The lowest BCUT2D eigenvalue weighted by atomic mass is 10.1. The van der Waals surface area contributed by atoms with Gasteiger partial charge in [0.05, 0.1) is 18.2 Å². The first-order valence-electron chi connectivity index (χ1n) is 10.1. The molecule has 3 rings (SSSR count). The number of ether oxygens (including phenoxy) is 1. The fraction of sp³-hybridized carbons (Fsp3) is 0.435. The van der Waals surface area contributed by atoms with E-state index in [0.717, 1.165) is 54.9 Å². The molecule has 2 heterocycles. The molecule has 0 radical (unpaired) electrons. The number of hydrogen-bond acceptors (Lipinski definition) is 3. The number of para-hydroxylation sites is 1. The molecule has 2 aromatic rings.